The largest absolute Gasteiger partial charge is 0.545 e. The van der Waals surface area contributed by atoms with E-state index in [1.54, 1.807) is 30.3 Å². The number of hydrogen-bond acceptors (Lipinski definition) is 4. The number of nitriles is 1. The van der Waals surface area contributed by atoms with Crippen LogP contribution in [0.15, 0.2) is 53.0 Å². The zero-order valence-electron chi connectivity index (χ0n) is 11.5. The lowest BCUT2D eigenvalue weighted by molar-refractivity contribution is -0.297. The number of carbonyl (C=O) groups is 1. The molecular weight excluding hydrogens is 346 g/mol. The van der Waals surface area contributed by atoms with Crippen molar-refractivity contribution < 1.29 is 14.6 Å². The maximum absolute atomic E-state index is 10.4. The molecule has 110 valence electrons. The van der Waals surface area contributed by atoms with E-state index in [9.17, 15) is 9.90 Å². The second-order valence-corrected chi connectivity index (χ2v) is 5.25. The Bertz CT molecular complexity index is 763. The highest BCUT2D eigenvalue weighted by Crippen LogP contribution is 2.27. The topological polar surface area (TPSA) is 73.1 Å². The molecule has 0 aliphatic carbocycles. The summed E-state index contributed by atoms with van der Waals surface area (Å²) in [5.74, 6) is -0.636. The predicted octanol–water partition coefficient (Wildman–Crippen LogP) is 2.66. The van der Waals surface area contributed by atoms with Gasteiger partial charge in [0.15, 0.2) is 0 Å². The monoisotopic (exact) mass is 356 g/mol. The Balaban J connectivity index is 2.11. The number of benzene rings is 2. The predicted molar refractivity (Wildman–Crippen MR) is 83.7 cm³/mol. The fourth-order valence-corrected chi connectivity index (χ4v) is 2.32. The standard InChI is InChI=1S/C17H12BrNO3/c18-15-9-12(6-8-17(20)21)5-7-16(15)22-11-14-4-2-1-3-13(14)10-19/h1-9H,11H2,(H,20,21)/p-1/b8-6+. The van der Waals surface area contributed by atoms with Crippen LogP contribution in [0.3, 0.4) is 0 Å². The van der Waals surface area contributed by atoms with Crippen LogP contribution in [0.4, 0.5) is 0 Å². The number of hydrogen-bond donors (Lipinski definition) is 0. The molecule has 2 rings (SSSR count). The molecule has 0 unspecified atom stereocenters. The molecule has 0 amide bonds. The van der Waals surface area contributed by atoms with Crippen LogP contribution < -0.4 is 9.84 Å². The average Bonchev–Trinajstić information content (AvgIpc) is 2.52. The molecule has 0 fully saturated rings. The van der Waals surface area contributed by atoms with Crippen LogP contribution in [0.1, 0.15) is 16.7 Å². The van der Waals surface area contributed by atoms with Gasteiger partial charge in [-0.05, 0) is 45.8 Å². The third-order valence-corrected chi connectivity index (χ3v) is 3.51. The summed E-state index contributed by atoms with van der Waals surface area (Å²) in [5, 5.41) is 19.4. The molecular formula is C17H11BrNO3-. The average molecular weight is 357 g/mol. The van der Waals surface area contributed by atoms with Crippen molar-refractivity contribution in [2.45, 2.75) is 6.61 Å². The maximum Gasteiger partial charge on any atom is 0.134 e. The molecule has 2 aromatic carbocycles. The summed E-state index contributed by atoms with van der Waals surface area (Å²) in [6.45, 7) is 0.274. The van der Waals surface area contributed by atoms with Gasteiger partial charge in [0.1, 0.15) is 12.4 Å². The Morgan fingerprint density at radius 2 is 2.09 bits per heavy atom. The molecule has 0 atom stereocenters. The summed E-state index contributed by atoms with van der Waals surface area (Å²) >= 11 is 3.38. The van der Waals surface area contributed by atoms with Gasteiger partial charge in [0.2, 0.25) is 0 Å². The van der Waals surface area contributed by atoms with E-state index >= 15 is 0 Å². The highest BCUT2D eigenvalue weighted by Gasteiger charge is 2.05. The first-order valence-electron chi connectivity index (χ1n) is 6.39. The Hall–Kier alpha value is -2.58. The number of halogens is 1. The van der Waals surface area contributed by atoms with E-state index in [2.05, 4.69) is 22.0 Å². The number of aliphatic carboxylic acids is 1. The van der Waals surface area contributed by atoms with Crippen LogP contribution in [0.5, 0.6) is 5.75 Å². The minimum Gasteiger partial charge on any atom is -0.545 e. The first-order chi connectivity index (χ1) is 10.6. The van der Waals surface area contributed by atoms with Crippen LogP contribution in [-0.4, -0.2) is 5.97 Å². The normalized spacial score (nSPS) is 10.4. The number of carbonyl (C=O) groups excluding carboxylic acids is 1. The number of carboxylic acids is 1. The second kappa shape index (κ2) is 7.43. The summed E-state index contributed by atoms with van der Waals surface area (Å²) in [7, 11) is 0. The molecule has 4 nitrogen and oxygen atoms in total. The molecule has 0 aromatic heterocycles. The van der Waals surface area contributed by atoms with Crippen molar-refractivity contribution in [3.05, 3.63) is 69.7 Å². The summed E-state index contributed by atoms with van der Waals surface area (Å²) in [6.07, 6.45) is 2.40. The molecule has 0 N–H and O–H groups in total. The van der Waals surface area contributed by atoms with E-state index in [4.69, 9.17) is 10.00 Å². The molecule has 0 aliphatic rings. The van der Waals surface area contributed by atoms with E-state index in [0.717, 1.165) is 11.6 Å². The van der Waals surface area contributed by atoms with Gasteiger partial charge in [0.25, 0.3) is 0 Å². The summed E-state index contributed by atoms with van der Waals surface area (Å²) in [5.41, 5.74) is 2.09. The summed E-state index contributed by atoms with van der Waals surface area (Å²) in [4.78, 5) is 10.4. The van der Waals surface area contributed by atoms with Crippen molar-refractivity contribution in [3.8, 4) is 11.8 Å². The molecule has 0 radical (unpaired) electrons. The minimum atomic E-state index is -1.25. The molecule has 0 saturated carbocycles. The number of carboxylic acid groups (broad SMARTS) is 1. The van der Waals surface area contributed by atoms with Crippen LogP contribution >= 0.6 is 15.9 Å². The lowest BCUT2D eigenvalue weighted by Crippen LogP contribution is -2.18. The smallest absolute Gasteiger partial charge is 0.134 e. The van der Waals surface area contributed by atoms with Crippen LogP contribution in [-0.2, 0) is 11.4 Å². The zero-order valence-corrected chi connectivity index (χ0v) is 13.0. The first kappa shape index (κ1) is 15.8. The van der Waals surface area contributed by atoms with Crippen molar-refractivity contribution in [2.24, 2.45) is 0 Å². The summed E-state index contributed by atoms with van der Waals surface area (Å²) < 4.78 is 6.39. The molecule has 0 heterocycles. The highest BCUT2D eigenvalue weighted by atomic mass is 79.9. The van der Waals surface area contributed by atoms with Gasteiger partial charge in [0, 0.05) is 5.56 Å². The second-order valence-electron chi connectivity index (χ2n) is 4.40. The van der Waals surface area contributed by atoms with Gasteiger partial charge in [0.05, 0.1) is 22.1 Å². The van der Waals surface area contributed by atoms with Gasteiger partial charge in [-0.3, -0.25) is 0 Å². The van der Waals surface area contributed by atoms with Crippen molar-refractivity contribution in [1.82, 2.24) is 0 Å². The quantitative estimate of drug-likeness (QED) is 0.772. The molecule has 5 heteroatoms. The van der Waals surface area contributed by atoms with Gasteiger partial charge in [-0.2, -0.15) is 5.26 Å². The molecule has 2 aromatic rings. The molecule has 0 bridgehead atoms. The Morgan fingerprint density at radius 1 is 1.32 bits per heavy atom. The van der Waals surface area contributed by atoms with E-state index in [1.807, 2.05) is 12.1 Å². The number of ether oxygens (including phenoxy) is 1. The first-order valence-corrected chi connectivity index (χ1v) is 7.19. The van der Waals surface area contributed by atoms with Crippen LogP contribution in [0.25, 0.3) is 6.08 Å². The van der Waals surface area contributed by atoms with Crippen molar-refractivity contribution in [2.75, 3.05) is 0 Å². The minimum absolute atomic E-state index is 0.274. The van der Waals surface area contributed by atoms with E-state index < -0.39 is 5.97 Å². The fraction of sp³-hybridized carbons (Fsp3) is 0.0588. The zero-order chi connectivity index (χ0) is 15.9. The van der Waals surface area contributed by atoms with Crippen LogP contribution in [0.2, 0.25) is 0 Å². The lowest BCUT2D eigenvalue weighted by atomic mass is 10.1. The Labute approximate surface area is 136 Å². The SMILES string of the molecule is N#Cc1ccccc1COc1ccc(/C=C/C(=O)[O-])cc1Br. The Morgan fingerprint density at radius 3 is 2.77 bits per heavy atom. The van der Waals surface area contributed by atoms with Crippen molar-refractivity contribution in [3.63, 3.8) is 0 Å². The third kappa shape index (κ3) is 4.21. The van der Waals surface area contributed by atoms with E-state index in [1.165, 1.54) is 6.08 Å². The van der Waals surface area contributed by atoms with Gasteiger partial charge in [-0.1, -0.05) is 30.3 Å². The van der Waals surface area contributed by atoms with Crippen molar-refractivity contribution >= 4 is 28.0 Å². The van der Waals surface area contributed by atoms with Gasteiger partial charge >= 0.3 is 0 Å². The third-order valence-electron chi connectivity index (χ3n) is 2.89. The number of nitrogens with zero attached hydrogens (tertiary/aromatic N) is 1. The van der Waals surface area contributed by atoms with Gasteiger partial charge in [-0.25, -0.2) is 0 Å². The van der Waals surface area contributed by atoms with Crippen molar-refractivity contribution in [1.29, 1.82) is 5.26 Å². The fourth-order valence-electron chi connectivity index (χ4n) is 1.81. The molecule has 0 aliphatic heterocycles. The lowest BCUT2D eigenvalue weighted by Gasteiger charge is -2.10. The summed E-state index contributed by atoms with van der Waals surface area (Å²) in [6, 6.07) is 14.5. The van der Waals surface area contributed by atoms with Crippen LogP contribution in [0, 0.1) is 11.3 Å². The maximum atomic E-state index is 10.4. The van der Waals surface area contributed by atoms with Gasteiger partial charge in [-0.15, -0.1) is 0 Å². The molecule has 22 heavy (non-hydrogen) atoms. The molecule has 0 spiro atoms. The Kier molecular flexibility index (Phi) is 5.34. The highest BCUT2D eigenvalue weighted by molar-refractivity contribution is 9.10. The van der Waals surface area contributed by atoms with E-state index in [0.29, 0.717) is 21.3 Å². The molecule has 0 saturated heterocycles. The number of rotatable bonds is 5. The van der Waals surface area contributed by atoms with E-state index in [-0.39, 0.29) is 6.61 Å². The van der Waals surface area contributed by atoms with Gasteiger partial charge < -0.3 is 14.6 Å².